The lowest BCUT2D eigenvalue weighted by molar-refractivity contribution is 0.0926. The summed E-state index contributed by atoms with van der Waals surface area (Å²) in [5, 5.41) is 8.00. The van der Waals surface area contributed by atoms with E-state index in [-0.39, 0.29) is 11.9 Å². The first-order chi connectivity index (χ1) is 13.6. The lowest BCUT2D eigenvalue weighted by Crippen LogP contribution is -2.40. The molecule has 28 heavy (non-hydrogen) atoms. The van der Waals surface area contributed by atoms with Crippen molar-refractivity contribution in [3.8, 4) is 0 Å². The largest absolute Gasteiger partial charge is 0.367 e. The Kier molecular flexibility index (Phi) is 5.29. The molecule has 0 saturated heterocycles. The Labute approximate surface area is 166 Å². The Morgan fingerprint density at radius 3 is 2.36 bits per heavy atom. The van der Waals surface area contributed by atoms with E-state index in [1.54, 1.807) is 0 Å². The molecule has 1 heterocycles. The average molecular weight is 374 g/mol. The van der Waals surface area contributed by atoms with E-state index >= 15 is 0 Å². The maximum absolute atomic E-state index is 12.4. The van der Waals surface area contributed by atoms with Crippen LogP contribution in [0.15, 0.2) is 54.6 Å². The molecule has 0 unspecified atom stereocenters. The molecule has 1 aliphatic rings. The summed E-state index contributed by atoms with van der Waals surface area (Å²) in [6.07, 6.45) is 4.04. The number of benzene rings is 2. The standard InChI is InChI=1S/C24H27N3O/c1-16-7-9-18(10-8-16)24(28)26-20-13-11-19(12-14-20)25-23-15-17(2)21-5-3-4-6-22(21)27-23/h3-10,15,19-20H,11-14H2,1-2H3,(H,25,27)(H,26,28). The van der Waals surface area contributed by atoms with Crippen molar-refractivity contribution >= 4 is 22.6 Å². The summed E-state index contributed by atoms with van der Waals surface area (Å²) in [7, 11) is 0. The summed E-state index contributed by atoms with van der Waals surface area (Å²) >= 11 is 0. The number of hydrogen-bond acceptors (Lipinski definition) is 3. The van der Waals surface area contributed by atoms with Crippen molar-refractivity contribution in [3.05, 3.63) is 71.3 Å². The molecule has 4 heteroatoms. The molecule has 2 aromatic carbocycles. The molecule has 4 nitrogen and oxygen atoms in total. The van der Waals surface area contributed by atoms with Crippen LogP contribution in [0.3, 0.4) is 0 Å². The highest BCUT2D eigenvalue weighted by Gasteiger charge is 2.23. The molecule has 1 aromatic heterocycles. The van der Waals surface area contributed by atoms with Crippen molar-refractivity contribution in [1.29, 1.82) is 0 Å². The number of nitrogens with one attached hydrogen (secondary N) is 2. The maximum atomic E-state index is 12.4. The highest BCUT2D eigenvalue weighted by atomic mass is 16.1. The van der Waals surface area contributed by atoms with Crippen molar-refractivity contribution in [2.75, 3.05) is 5.32 Å². The fourth-order valence-electron chi connectivity index (χ4n) is 3.99. The minimum atomic E-state index is 0.0308. The van der Waals surface area contributed by atoms with Gasteiger partial charge in [0.25, 0.3) is 5.91 Å². The number of carbonyl (C=O) groups excluding carboxylic acids is 1. The van der Waals surface area contributed by atoms with Crippen molar-refractivity contribution in [1.82, 2.24) is 10.3 Å². The van der Waals surface area contributed by atoms with Crippen LogP contribution in [0.4, 0.5) is 5.82 Å². The highest BCUT2D eigenvalue weighted by Crippen LogP contribution is 2.25. The van der Waals surface area contributed by atoms with Gasteiger partial charge in [-0.15, -0.1) is 0 Å². The maximum Gasteiger partial charge on any atom is 0.251 e. The number of amides is 1. The van der Waals surface area contributed by atoms with Crippen molar-refractivity contribution in [3.63, 3.8) is 0 Å². The molecule has 4 rings (SSSR count). The zero-order valence-electron chi connectivity index (χ0n) is 16.5. The van der Waals surface area contributed by atoms with Gasteiger partial charge in [0.1, 0.15) is 5.82 Å². The van der Waals surface area contributed by atoms with Gasteiger partial charge in [-0.1, -0.05) is 35.9 Å². The number of carbonyl (C=O) groups is 1. The molecule has 1 saturated carbocycles. The Morgan fingerprint density at radius 1 is 0.929 bits per heavy atom. The zero-order valence-corrected chi connectivity index (χ0v) is 16.5. The van der Waals surface area contributed by atoms with Crippen LogP contribution in [0.1, 0.15) is 47.2 Å². The van der Waals surface area contributed by atoms with E-state index in [1.165, 1.54) is 16.5 Å². The number of hydrogen-bond donors (Lipinski definition) is 2. The number of rotatable bonds is 4. The number of fused-ring (bicyclic) bond motifs is 1. The van der Waals surface area contributed by atoms with Crippen LogP contribution in [0, 0.1) is 13.8 Å². The molecular weight excluding hydrogens is 346 g/mol. The minimum Gasteiger partial charge on any atom is -0.367 e. The molecule has 3 aromatic rings. The monoisotopic (exact) mass is 373 g/mol. The molecule has 1 aliphatic carbocycles. The first-order valence-corrected chi connectivity index (χ1v) is 10.1. The SMILES string of the molecule is Cc1ccc(C(=O)NC2CCC(Nc3cc(C)c4ccccc4n3)CC2)cc1. The van der Waals surface area contributed by atoms with E-state index in [2.05, 4.69) is 41.8 Å². The van der Waals surface area contributed by atoms with Crippen LogP contribution >= 0.6 is 0 Å². The number of pyridine rings is 1. The van der Waals surface area contributed by atoms with Crippen LogP contribution in [-0.4, -0.2) is 23.0 Å². The van der Waals surface area contributed by atoms with Gasteiger partial charge in [-0.25, -0.2) is 4.98 Å². The van der Waals surface area contributed by atoms with Gasteiger partial charge in [0.05, 0.1) is 5.52 Å². The van der Waals surface area contributed by atoms with Crippen LogP contribution in [0.25, 0.3) is 10.9 Å². The number of aromatic nitrogens is 1. The highest BCUT2D eigenvalue weighted by molar-refractivity contribution is 5.94. The van der Waals surface area contributed by atoms with Gasteiger partial charge in [-0.2, -0.15) is 0 Å². The summed E-state index contributed by atoms with van der Waals surface area (Å²) in [5.41, 5.74) is 4.18. The molecule has 0 spiro atoms. The van der Waals surface area contributed by atoms with Gasteiger partial charge in [-0.05, 0) is 69.4 Å². The molecule has 2 N–H and O–H groups in total. The van der Waals surface area contributed by atoms with Crippen LogP contribution < -0.4 is 10.6 Å². The van der Waals surface area contributed by atoms with Gasteiger partial charge in [-0.3, -0.25) is 4.79 Å². The predicted molar refractivity (Wildman–Crippen MR) is 115 cm³/mol. The average Bonchev–Trinajstić information content (AvgIpc) is 2.70. The van der Waals surface area contributed by atoms with E-state index in [1.807, 2.05) is 37.3 Å². The number of aryl methyl sites for hydroxylation is 2. The van der Waals surface area contributed by atoms with E-state index < -0.39 is 0 Å². The van der Waals surface area contributed by atoms with Crippen LogP contribution in [-0.2, 0) is 0 Å². The second-order valence-corrected chi connectivity index (χ2v) is 7.87. The smallest absolute Gasteiger partial charge is 0.251 e. The summed E-state index contributed by atoms with van der Waals surface area (Å²) in [5.74, 6) is 0.978. The normalized spacial score (nSPS) is 19.4. The number of para-hydroxylation sites is 1. The third kappa shape index (κ3) is 4.16. The van der Waals surface area contributed by atoms with Crippen molar-refractivity contribution < 1.29 is 4.79 Å². The quantitative estimate of drug-likeness (QED) is 0.676. The molecule has 0 bridgehead atoms. The van der Waals surface area contributed by atoms with Crippen LogP contribution in [0.2, 0.25) is 0 Å². The van der Waals surface area contributed by atoms with Crippen molar-refractivity contribution in [2.45, 2.75) is 51.6 Å². The predicted octanol–water partition coefficient (Wildman–Crippen LogP) is 5.00. The summed E-state index contributed by atoms with van der Waals surface area (Å²) in [4.78, 5) is 17.2. The van der Waals surface area contributed by atoms with Gasteiger partial charge in [0.15, 0.2) is 0 Å². The van der Waals surface area contributed by atoms with Crippen LogP contribution in [0.5, 0.6) is 0 Å². The summed E-state index contributed by atoms with van der Waals surface area (Å²) < 4.78 is 0. The molecular formula is C24H27N3O. The van der Waals surface area contributed by atoms with Gasteiger partial charge < -0.3 is 10.6 Å². The van der Waals surface area contributed by atoms with Gasteiger partial charge >= 0.3 is 0 Å². The number of anilines is 1. The first kappa shape index (κ1) is 18.5. The summed E-state index contributed by atoms with van der Waals surface area (Å²) in [6, 6.07) is 18.8. The molecule has 144 valence electrons. The topological polar surface area (TPSA) is 54.0 Å². The van der Waals surface area contributed by atoms with Gasteiger partial charge in [0.2, 0.25) is 0 Å². The fraction of sp³-hybridized carbons (Fsp3) is 0.333. The molecule has 1 amide bonds. The zero-order chi connectivity index (χ0) is 19.5. The minimum absolute atomic E-state index is 0.0308. The first-order valence-electron chi connectivity index (χ1n) is 10.1. The van der Waals surface area contributed by atoms with E-state index in [0.717, 1.165) is 42.6 Å². The van der Waals surface area contributed by atoms with Gasteiger partial charge in [0, 0.05) is 23.0 Å². The Hall–Kier alpha value is -2.88. The molecule has 0 radical (unpaired) electrons. The Balaban J connectivity index is 1.33. The Bertz CT molecular complexity index is 973. The Morgan fingerprint density at radius 2 is 1.61 bits per heavy atom. The van der Waals surface area contributed by atoms with Crippen molar-refractivity contribution in [2.24, 2.45) is 0 Å². The van der Waals surface area contributed by atoms with E-state index in [0.29, 0.717) is 6.04 Å². The van der Waals surface area contributed by atoms with E-state index in [4.69, 9.17) is 4.98 Å². The second kappa shape index (κ2) is 8.01. The number of nitrogens with zero attached hydrogens (tertiary/aromatic N) is 1. The fourth-order valence-corrected chi connectivity index (χ4v) is 3.99. The molecule has 0 aliphatic heterocycles. The molecule has 1 fully saturated rings. The second-order valence-electron chi connectivity index (χ2n) is 7.87. The van der Waals surface area contributed by atoms with E-state index in [9.17, 15) is 4.79 Å². The lowest BCUT2D eigenvalue weighted by atomic mass is 9.91. The third-order valence-corrected chi connectivity index (χ3v) is 5.65. The summed E-state index contributed by atoms with van der Waals surface area (Å²) in [6.45, 7) is 4.16. The third-order valence-electron chi connectivity index (χ3n) is 5.65. The molecule has 0 atom stereocenters. The lowest BCUT2D eigenvalue weighted by Gasteiger charge is -2.30.